The molecule has 1 aliphatic heterocycles. The smallest absolute Gasteiger partial charge is 0.158 e. The highest BCUT2D eigenvalue weighted by Gasteiger charge is 2.31. The second-order valence-electron chi connectivity index (χ2n) is 5.91. The topological polar surface area (TPSA) is 76.3 Å². The lowest BCUT2D eigenvalue weighted by atomic mass is 9.78. The molecule has 0 aromatic carbocycles. The molecule has 1 saturated heterocycles. The number of nitrogens with two attached hydrogens (primary N) is 1. The number of piperidine rings is 1. The van der Waals surface area contributed by atoms with E-state index in [1.54, 1.807) is 7.11 Å². The molecule has 6 heteroatoms. The molecular weight excluding hydrogens is 254 g/mol. The Labute approximate surface area is 119 Å². The van der Waals surface area contributed by atoms with Gasteiger partial charge >= 0.3 is 0 Å². The van der Waals surface area contributed by atoms with Crippen molar-refractivity contribution in [1.29, 1.82) is 0 Å². The molecule has 3 rings (SSSR count). The highest BCUT2D eigenvalue weighted by atomic mass is 16.5. The zero-order chi connectivity index (χ0) is 13.9. The van der Waals surface area contributed by atoms with Crippen LogP contribution in [0.5, 0.6) is 0 Å². The minimum absolute atomic E-state index is 0.406. The molecule has 2 heterocycles. The predicted molar refractivity (Wildman–Crippen MR) is 78.2 cm³/mol. The summed E-state index contributed by atoms with van der Waals surface area (Å²) in [4.78, 5) is 11.3. The van der Waals surface area contributed by atoms with E-state index in [0.29, 0.717) is 18.2 Å². The van der Waals surface area contributed by atoms with Crippen LogP contribution in [0.15, 0.2) is 6.07 Å². The zero-order valence-corrected chi connectivity index (χ0v) is 12.0. The van der Waals surface area contributed by atoms with Gasteiger partial charge in [0, 0.05) is 26.3 Å². The molecule has 2 bridgehead atoms. The SMILES string of the molecule is COCc1nc(NN)cc(N2CC3CCCC(C3)C2)n1. The summed E-state index contributed by atoms with van der Waals surface area (Å²) in [5, 5.41) is 0. The van der Waals surface area contributed by atoms with Crippen LogP contribution in [0.25, 0.3) is 0 Å². The maximum Gasteiger partial charge on any atom is 0.158 e. The fourth-order valence-electron chi connectivity index (χ4n) is 3.53. The number of hydrogen-bond donors (Lipinski definition) is 2. The Bertz CT molecular complexity index is 455. The number of fused-ring (bicyclic) bond motifs is 2. The van der Waals surface area contributed by atoms with E-state index in [1.165, 1.54) is 25.7 Å². The first-order valence-electron chi connectivity index (χ1n) is 7.37. The summed E-state index contributed by atoms with van der Waals surface area (Å²) in [5.74, 6) is 9.43. The second kappa shape index (κ2) is 5.93. The fourth-order valence-corrected chi connectivity index (χ4v) is 3.53. The second-order valence-corrected chi connectivity index (χ2v) is 5.91. The third-order valence-corrected chi connectivity index (χ3v) is 4.35. The summed E-state index contributed by atoms with van der Waals surface area (Å²) in [5.41, 5.74) is 2.62. The van der Waals surface area contributed by atoms with E-state index < -0.39 is 0 Å². The lowest BCUT2D eigenvalue weighted by molar-refractivity contribution is 0.177. The van der Waals surface area contributed by atoms with Crippen LogP contribution in [0.2, 0.25) is 0 Å². The third-order valence-electron chi connectivity index (χ3n) is 4.35. The summed E-state index contributed by atoms with van der Waals surface area (Å²) in [6, 6.07) is 1.93. The largest absolute Gasteiger partial charge is 0.377 e. The Hall–Kier alpha value is -1.40. The van der Waals surface area contributed by atoms with Crippen LogP contribution >= 0.6 is 0 Å². The Kier molecular flexibility index (Phi) is 4.03. The predicted octanol–water partition coefficient (Wildman–Crippen LogP) is 1.53. The minimum atomic E-state index is 0.406. The van der Waals surface area contributed by atoms with Crippen LogP contribution < -0.4 is 16.2 Å². The van der Waals surface area contributed by atoms with Crippen LogP contribution in [0.1, 0.15) is 31.5 Å². The van der Waals surface area contributed by atoms with E-state index >= 15 is 0 Å². The van der Waals surface area contributed by atoms with Gasteiger partial charge in [-0.1, -0.05) is 6.42 Å². The number of nitrogens with one attached hydrogen (secondary N) is 1. The van der Waals surface area contributed by atoms with E-state index in [-0.39, 0.29) is 0 Å². The zero-order valence-electron chi connectivity index (χ0n) is 12.0. The molecule has 3 N–H and O–H groups in total. The third kappa shape index (κ3) is 2.86. The number of hydrazine groups is 1. The first-order chi connectivity index (χ1) is 9.78. The van der Waals surface area contributed by atoms with Crippen molar-refractivity contribution < 1.29 is 4.74 Å². The van der Waals surface area contributed by atoms with E-state index in [1.807, 2.05) is 6.07 Å². The number of ether oxygens (including phenoxy) is 1. The monoisotopic (exact) mass is 277 g/mol. The Morgan fingerprint density at radius 1 is 1.35 bits per heavy atom. The van der Waals surface area contributed by atoms with Crippen molar-refractivity contribution >= 4 is 11.6 Å². The van der Waals surface area contributed by atoms with E-state index in [9.17, 15) is 0 Å². The number of anilines is 2. The van der Waals surface area contributed by atoms with Gasteiger partial charge in [-0.05, 0) is 31.1 Å². The van der Waals surface area contributed by atoms with E-state index in [0.717, 1.165) is 30.7 Å². The van der Waals surface area contributed by atoms with Crippen molar-refractivity contribution in [2.45, 2.75) is 32.3 Å². The molecular formula is C14H23N5O. The summed E-state index contributed by atoms with van der Waals surface area (Å²) < 4.78 is 5.13. The van der Waals surface area contributed by atoms with Gasteiger partial charge in [0.1, 0.15) is 18.2 Å². The number of nitrogens with zero attached hydrogens (tertiary/aromatic N) is 3. The average molecular weight is 277 g/mol. The van der Waals surface area contributed by atoms with Crippen molar-refractivity contribution in [3.8, 4) is 0 Å². The molecule has 0 radical (unpaired) electrons. The van der Waals surface area contributed by atoms with Gasteiger partial charge in [0.25, 0.3) is 0 Å². The number of nitrogen functional groups attached to an aromatic ring is 1. The molecule has 2 fully saturated rings. The highest BCUT2D eigenvalue weighted by Crippen LogP contribution is 2.36. The molecule has 110 valence electrons. The fraction of sp³-hybridized carbons (Fsp3) is 0.714. The average Bonchev–Trinajstić information content (AvgIpc) is 2.47. The molecule has 20 heavy (non-hydrogen) atoms. The van der Waals surface area contributed by atoms with Crippen molar-refractivity contribution in [3.05, 3.63) is 11.9 Å². The van der Waals surface area contributed by atoms with Gasteiger partial charge in [-0.15, -0.1) is 0 Å². The van der Waals surface area contributed by atoms with Gasteiger partial charge in [0.05, 0.1) is 0 Å². The Balaban J connectivity index is 1.83. The minimum Gasteiger partial charge on any atom is -0.377 e. The molecule has 6 nitrogen and oxygen atoms in total. The van der Waals surface area contributed by atoms with Crippen molar-refractivity contribution in [3.63, 3.8) is 0 Å². The maximum atomic E-state index is 5.51. The van der Waals surface area contributed by atoms with Gasteiger partial charge in [-0.3, -0.25) is 0 Å². The summed E-state index contributed by atoms with van der Waals surface area (Å²) >= 11 is 0. The molecule has 2 unspecified atom stereocenters. The van der Waals surface area contributed by atoms with Crippen molar-refractivity contribution in [2.24, 2.45) is 17.7 Å². The maximum absolute atomic E-state index is 5.51. The Morgan fingerprint density at radius 2 is 2.10 bits per heavy atom. The molecule has 1 aliphatic carbocycles. The van der Waals surface area contributed by atoms with Gasteiger partial charge in [0.2, 0.25) is 0 Å². The molecule has 0 spiro atoms. The Morgan fingerprint density at radius 3 is 2.75 bits per heavy atom. The first-order valence-corrected chi connectivity index (χ1v) is 7.37. The van der Waals surface area contributed by atoms with Gasteiger partial charge in [-0.2, -0.15) is 0 Å². The molecule has 0 amide bonds. The van der Waals surface area contributed by atoms with Crippen LogP contribution in [-0.4, -0.2) is 30.2 Å². The standard InChI is InChI=1S/C14H23N5O/c1-20-9-13-16-12(18-15)6-14(17-13)19-7-10-3-2-4-11(5-10)8-19/h6,10-11H,2-5,7-9,15H2,1H3,(H,16,17,18). The molecule has 1 aromatic heterocycles. The lowest BCUT2D eigenvalue weighted by Gasteiger charge is -2.42. The highest BCUT2D eigenvalue weighted by molar-refractivity contribution is 5.49. The number of methoxy groups -OCH3 is 1. The van der Waals surface area contributed by atoms with Crippen LogP contribution in [0.3, 0.4) is 0 Å². The summed E-state index contributed by atoms with van der Waals surface area (Å²) in [6.45, 7) is 2.61. The van der Waals surface area contributed by atoms with Crippen molar-refractivity contribution in [1.82, 2.24) is 9.97 Å². The normalized spacial score (nSPS) is 25.6. The van der Waals surface area contributed by atoms with Crippen LogP contribution in [-0.2, 0) is 11.3 Å². The molecule has 2 atom stereocenters. The number of aromatic nitrogens is 2. The number of rotatable bonds is 4. The van der Waals surface area contributed by atoms with E-state index in [4.69, 9.17) is 10.6 Å². The van der Waals surface area contributed by atoms with Crippen LogP contribution in [0.4, 0.5) is 11.6 Å². The summed E-state index contributed by atoms with van der Waals surface area (Å²) in [7, 11) is 1.65. The lowest BCUT2D eigenvalue weighted by Crippen LogP contribution is -2.43. The van der Waals surface area contributed by atoms with E-state index in [2.05, 4.69) is 20.3 Å². The van der Waals surface area contributed by atoms with Crippen LogP contribution in [0, 0.1) is 11.8 Å². The first kappa shape index (κ1) is 13.6. The van der Waals surface area contributed by atoms with Gasteiger partial charge in [0.15, 0.2) is 5.82 Å². The molecule has 1 saturated carbocycles. The van der Waals surface area contributed by atoms with Crippen molar-refractivity contribution in [2.75, 3.05) is 30.5 Å². The van der Waals surface area contributed by atoms with Gasteiger partial charge < -0.3 is 15.1 Å². The van der Waals surface area contributed by atoms with Gasteiger partial charge in [-0.25, -0.2) is 15.8 Å². The molecule has 2 aliphatic rings. The molecule has 1 aromatic rings. The summed E-state index contributed by atoms with van der Waals surface area (Å²) in [6.07, 6.45) is 5.47. The quantitative estimate of drug-likeness (QED) is 0.642. The number of hydrogen-bond acceptors (Lipinski definition) is 6.